The van der Waals surface area contributed by atoms with Gasteiger partial charge in [0.1, 0.15) is 10.9 Å². The van der Waals surface area contributed by atoms with Gasteiger partial charge in [0.25, 0.3) is 11.8 Å². The van der Waals surface area contributed by atoms with Gasteiger partial charge >= 0.3 is 0 Å². The number of carbonyl (C=O) groups excluding carboxylic acids is 3. The van der Waals surface area contributed by atoms with Crippen LogP contribution in [0.2, 0.25) is 5.02 Å². The average molecular weight is 697 g/mol. The fourth-order valence-corrected chi connectivity index (χ4v) is 6.30. The number of carbonyl (C=O) groups is 3. The number of anilines is 2. The van der Waals surface area contributed by atoms with Gasteiger partial charge in [-0.15, -0.1) is 11.8 Å². The number of rotatable bonds is 11. The van der Waals surface area contributed by atoms with Crippen LogP contribution in [0.3, 0.4) is 0 Å². The van der Waals surface area contributed by atoms with Gasteiger partial charge in [-0.1, -0.05) is 84.4 Å². The highest BCUT2D eigenvalue weighted by atomic mass is 35.5. The lowest BCUT2D eigenvalue weighted by molar-refractivity contribution is -0.116. The van der Waals surface area contributed by atoms with Crippen molar-refractivity contribution in [3.8, 4) is 0 Å². The minimum Gasteiger partial charge on any atom is -0.325 e. The Labute approximate surface area is 287 Å². The molecule has 3 amide bonds. The first-order chi connectivity index (χ1) is 23.1. The van der Waals surface area contributed by atoms with Gasteiger partial charge in [0.2, 0.25) is 15.9 Å². The summed E-state index contributed by atoms with van der Waals surface area (Å²) in [5.41, 5.74) is 2.44. The Morgan fingerprint density at radius 1 is 0.729 bits per heavy atom. The van der Waals surface area contributed by atoms with E-state index in [4.69, 9.17) is 16.7 Å². The molecule has 0 saturated heterocycles. The summed E-state index contributed by atoms with van der Waals surface area (Å²) in [5, 5.41) is 13.3. The molecule has 5 aromatic carbocycles. The number of halogens is 1. The van der Waals surface area contributed by atoms with Crippen molar-refractivity contribution in [2.75, 3.05) is 10.6 Å². The molecule has 0 aliphatic carbocycles. The van der Waals surface area contributed by atoms with Gasteiger partial charge in [0.05, 0.1) is 4.90 Å². The fourth-order valence-electron chi connectivity index (χ4n) is 4.51. The number of sulfonamides is 1. The molecule has 0 aliphatic rings. The standard InChI is InChI=1S/C36H29ClN4O5S2/c37-31-17-8-7-14-26(31)22-32(41-34(42)25-12-5-2-6-13-25)35(43)40-28-15-9-16-29(23-28)47-33(24-10-3-1-4-11-24)36(44)39-27-18-20-30(21-19-27)48(38,45)46/h1-23,33H,(H,39,44)(H,40,43)(H,41,42)(H2,38,45,46)/b32-22+. The van der Waals surface area contributed by atoms with Crippen LogP contribution in [0.25, 0.3) is 6.08 Å². The molecule has 5 N–H and O–H groups in total. The van der Waals surface area contributed by atoms with E-state index in [2.05, 4.69) is 16.0 Å². The van der Waals surface area contributed by atoms with Crippen molar-refractivity contribution in [2.45, 2.75) is 15.0 Å². The highest BCUT2D eigenvalue weighted by molar-refractivity contribution is 8.00. The van der Waals surface area contributed by atoms with E-state index in [1.807, 2.05) is 36.4 Å². The zero-order chi connectivity index (χ0) is 34.1. The largest absolute Gasteiger partial charge is 0.325 e. The second-order valence-corrected chi connectivity index (χ2v) is 13.5. The van der Waals surface area contributed by atoms with Crippen molar-refractivity contribution in [3.05, 3.63) is 161 Å². The lowest BCUT2D eigenvalue weighted by Gasteiger charge is -2.18. The molecule has 48 heavy (non-hydrogen) atoms. The lowest BCUT2D eigenvalue weighted by atomic mass is 10.1. The van der Waals surface area contributed by atoms with Gasteiger partial charge in [-0.25, -0.2) is 13.6 Å². The van der Waals surface area contributed by atoms with Gasteiger partial charge in [0, 0.05) is 26.9 Å². The molecule has 5 aromatic rings. The van der Waals surface area contributed by atoms with E-state index in [-0.39, 0.29) is 16.5 Å². The van der Waals surface area contributed by atoms with E-state index in [0.29, 0.717) is 32.4 Å². The van der Waals surface area contributed by atoms with Crippen LogP contribution in [0.5, 0.6) is 0 Å². The summed E-state index contributed by atoms with van der Waals surface area (Å²) in [4.78, 5) is 40.8. The maximum atomic E-state index is 13.6. The Morgan fingerprint density at radius 3 is 2.04 bits per heavy atom. The highest BCUT2D eigenvalue weighted by Gasteiger charge is 2.23. The molecule has 0 aromatic heterocycles. The summed E-state index contributed by atoms with van der Waals surface area (Å²) in [5.74, 6) is -1.40. The van der Waals surface area contributed by atoms with Crippen LogP contribution >= 0.6 is 23.4 Å². The molecule has 0 saturated carbocycles. The van der Waals surface area contributed by atoms with Crippen LogP contribution in [-0.2, 0) is 19.6 Å². The van der Waals surface area contributed by atoms with Crippen LogP contribution in [0.1, 0.15) is 26.7 Å². The van der Waals surface area contributed by atoms with Crippen molar-refractivity contribution >= 4 is 68.6 Å². The zero-order valence-corrected chi connectivity index (χ0v) is 27.6. The van der Waals surface area contributed by atoms with Crippen LogP contribution in [0.4, 0.5) is 11.4 Å². The van der Waals surface area contributed by atoms with Crippen LogP contribution < -0.4 is 21.1 Å². The number of nitrogens with one attached hydrogen (secondary N) is 3. The normalized spacial score (nSPS) is 12.1. The van der Waals surface area contributed by atoms with Crippen molar-refractivity contribution in [3.63, 3.8) is 0 Å². The maximum Gasteiger partial charge on any atom is 0.272 e. The van der Waals surface area contributed by atoms with E-state index in [9.17, 15) is 22.8 Å². The van der Waals surface area contributed by atoms with Gasteiger partial charge in [0.15, 0.2) is 0 Å². The maximum absolute atomic E-state index is 13.6. The molecular weight excluding hydrogens is 668 g/mol. The SMILES string of the molecule is NS(=O)(=O)c1ccc(NC(=O)C(Sc2cccc(NC(=O)/C(=C\c3ccccc3Cl)NC(=O)c3ccccc3)c2)c2ccccc2)cc1. The summed E-state index contributed by atoms with van der Waals surface area (Å²) in [7, 11) is -3.88. The summed E-state index contributed by atoms with van der Waals surface area (Å²) < 4.78 is 23.3. The Hall–Kier alpha value is -5.20. The molecule has 1 unspecified atom stereocenters. The third-order valence-corrected chi connectivity index (χ3v) is 9.39. The van der Waals surface area contributed by atoms with Gasteiger partial charge < -0.3 is 16.0 Å². The number of hydrogen-bond acceptors (Lipinski definition) is 6. The van der Waals surface area contributed by atoms with Gasteiger partial charge in [-0.3, -0.25) is 14.4 Å². The first-order valence-electron chi connectivity index (χ1n) is 14.5. The zero-order valence-electron chi connectivity index (χ0n) is 25.2. The first-order valence-corrected chi connectivity index (χ1v) is 17.3. The molecular formula is C36H29ClN4O5S2. The quantitative estimate of drug-likeness (QED) is 0.0876. The smallest absolute Gasteiger partial charge is 0.272 e. The van der Waals surface area contributed by atoms with Crippen molar-refractivity contribution in [1.29, 1.82) is 0 Å². The predicted octanol–water partition coefficient (Wildman–Crippen LogP) is 6.87. The van der Waals surface area contributed by atoms with Crippen LogP contribution in [0, 0.1) is 0 Å². The van der Waals surface area contributed by atoms with E-state index in [1.165, 1.54) is 42.1 Å². The number of nitrogens with two attached hydrogens (primary N) is 1. The first kappa shape index (κ1) is 34.1. The molecule has 0 bridgehead atoms. The molecule has 0 aliphatic heterocycles. The molecule has 1 atom stereocenters. The van der Waals surface area contributed by atoms with Crippen molar-refractivity contribution in [2.24, 2.45) is 5.14 Å². The monoisotopic (exact) mass is 696 g/mol. The third kappa shape index (κ3) is 9.20. The molecule has 0 fully saturated rings. The summed E-state index contributed by atoms with van der Waals surface area (Å²) in [6, 6.07) is 37.1. The molecule has 12 heteroatoms. The fraction of sp³-hybridized carbons (Fsp3) is 0.0278. The van der Waals surface area contributed by atoms with E-state index in [0.717, 1.165) is 5.56 Å². The molecule has 0 radical (unpaired) electrons. The predicted molar refractivity (Wildman–Crippen MR) is 190 cm³/mol. The lowest BCUT2D eigenvalue weighted by Crippen LogP contribution is -2.30. The Kier molecular flexibility index (Phi) is 11.1. The molecule has 0 heterocycles. The number of benzene rings is 5. The van der Waals surface area contributed by atoms with Crippen LogP contribution in [0.15, 0.2) is 149 Å². The minimum atomic E-state index is -3.88. The van der Waals surface area contributed by atoms with E-state index < -0.39 is 27.1 Å². The molecule has 242 valence electrons. The van der Waals surface area contributed by atoms with Gasteiger partial charge in [-0.05, 0) is 77.9 Å². The number of primary sulfonamides is 1. The number of hydrogen-bond donors (Lipinski definition) is 4. The molecule has 9 nitrogen and oxygen atoms in total. The number of thioether (sulfide) groups is 1. The van der Waals surface area contributed by atoms with Crippen molar-refractivity contribution < 1.29 is 22.8 Å². The van der Waals surface area contributed by atoms with Gasteiger partial charge in [-0.2, -0.15) is 0 Å². The Morgan fingerprint density at radius 2 is 1.38 bits per heavy atom. The molecule has 5 rings (SSSR count). The summed E-state index contributed by atoms with van der Waals surface area (Å²) in [6.07, 6.45) is 1.50. The average Bonchev–Trinajstić information content (AvgIpc) is 3.08. The van der Waals surface area contributed by atoms with Crippen molar-refractivity contribution in [1.82, 2.24) is 5.32 Å². The minimum absolute atomic E-state index is 0.0231. The van der Waals surface area contributed by atoms with E-state index in [1.54, 1.807) is 72.8 Å². The Bertz CT molecular complexity index is 2080. The second kappa shape index (κ2) is 15.6. The molecule has 0 spiro atoms. The summed E-state index contributed by atoms with van der Waals surface area (Å²) in [6.45, 7) is 0. The Balaban J connectivity index is 1.37. The number of amides is 3. The summed E-state index contributed by atoms with van der Waals surface area (Å²) >= 11 is 7.61. The topological polar surface area (TPSA) is 147 Å². The van der Waals surface area contributed by atoms with E-state index >= 15 is 0 Å². The highest BCUT2D eigenvalue weighted by Crippen LogP contribution is 2.37. The van der Waals surface area contributed by atoms with Crippen LogP contribution in [-0.4, -0.2) is 26.1 Å². The third-order valence-electron chi connectivity index (χ3n) is 6.87. The second-order valence-electron chi connectivity index (χ2n) is 10.3.